The number of nitro groups is 1. The predicted molar refractivity (Wildman–Crippen MR) is 92.8 cm³/mol. The summed E-state index contributed by atoms with van der Waals surface area (Å²) in [6, 6.07) is -0.754. The molecule has 26 heavy (non-hydrogen) atoms. The van der Waals surface area contributed by atoms with Gasteiger partial charge in [-0.2, -0.15) is 10.2 Å². The Morgan fingerprint density at radius 1 is 1.31 bits per heavy atom. The molecule has 0 aliphatic rings. The molecule has 2 amide bonds. The van der Waals surface area contributed by atoms with Crippen molar-refractivity contribution in [1.82, 2.24) is 24.5 Å². The lowest BCUT2D eigenvalue weighted by atomic mass is 10.2. The van der Waals surface area contributed by atoms with Crippen LogP contribution < -0.4 is 5.32 Å². The summed E-state index contributed by atoms with van der Waals surface area (Å²) in [5, 5.41) is 21.5. The molecule has 0 spiro atoms. The molecule has 0 aromatic carbocycles. The molecule has 0 bridgehead atoms. The van der Waals surface area contributed by atoms with E-state index in [1.54, 1.807) is 21.0 Å². The maximum Gasteiger partial charge on any atom is 0.307 e. The Balaban J connectivity index is 2.29. The first-order valence-corrected chi connectivity index (χ1v) is 8.06. The second kappa shape index (κ2) is 7.76. The Labute approximate surface area is 149 Å². The van der Waals surface area contributed by atoms with Crippen LogP contribution in [0.2, 0.25) is 0 Å². The monoisotopic (exact) mass is 363 g/mol. The zero-order valence-electron chi connectivity index (χ0n) is 15.0. The van der Waals surface area contributed by atoms with Crippen LogP contribution in [0.25, 0.3) is 0 Å². The van der Waals surface area contributed by atoms with Crippen LogP contribution in [0.15, 0.2) is 18.6 Å². The van der Waals surface area contributed by atoms with Gasteiger partial charge in [0.15, 0.2) is 0 Å². The summed E-state index contributed by atoms with van der Waals surface area (Å²) in [6.45, 7) is 4.06. The summed E-state index contributed by atoms with van der Waals surface area (Å²) in [7, 11) is 3.22. The third-order valence-electron chi connectivity index (χ3n) is 3.81. The molecule has 0 aliphatic carbocycles. The van der Waals surface area contributed by atoms with E-state index < -0.39 is 16.9 Å². The summed E-state index contributed by atoms with van der Waals surface area (Å²) in [5.74, 6) is -0.726. The van der Waals surface area contributed by atoms with Crippen molar-refractivity contribution in [3.8, 4) is 0 Å². The third-order valence-corrected chi connectivity index (χ3v) is 3.81. The molecule has 0 aliphatic heterocycles. The van der Waals surface area contributed by atoms with E-state index in [1.807, 2.05) is 6.92 Å². The van der Waals surface area contributed by atoms with Gasteiger partial charge in [0.2, 0.25) is 5.91 Å². The Kier molecular flexibility index (Phi) is 5.70. The maximum atomic E-state index is 12.7. The Hall–Kier alpha value is -3.24. The fourth-order valence-electron chi connectivity index (χ4n) is 2.46. The number of aryl methyl sites for hydroxylation is 1. The normalized spacial score (nSPS) is 11.8. The van der Waals surface area contributed by atoms with Gasteiger partial charge in [-0.15, -0.1) is 0 Å². The van der Waals surface area contributed by atoms with Gasteiger partial charge in [0.25, 0.3) is 5.91 Å². The number of anilines is 1. The number of carbonyl (C=O) groups excluding carboxylic acids is 2. The van der Waals surface area contributed by atoms with Crippen LogP contribution >= 0.6 is 0 Å². The first-order chi connectivity index (χ1) is 12.3. The number of nitrogens with one attached hydrogen (secondary N) is 1. The highest BCUT2D eigenvalue weighted by molar-refractivity contribution is 6.03. The van der Waals surface area contributed by atoms with Crippen LogP contribution in [0.5, 0.6) is 0 Å². The highest BCUT2D eigenvalue weighted by atomic mass is 16.6. The van der Waals surface area contributed by atoms with Crippen molar-refractivity contribution in [2.24, 2.45) is 0 Å². The van der Waals surface area contributed by atoms with Gasteiger partial charge in [-0.1, -0.05) is 6.92 Å². The van der Waals surface area contributed by atoms with Crippen molar-refractivity contribution in [2.45, 2.75) is 32.9 Å². The quantitative estimate of drug-likeness (QED) is 0.583. The first kappa shape index (κ1) is 19.1. The van der Waals surface area contributed by atoms with Gasteiger partial charge in [0.1, 0.15) is 24.1 Å². The zero-order valence-corrected chi connectivity index (χ0v) is 15.0. The molecule has 140 valence electrons. The van der Waals surface area contributed by atoms with E-state index in [2.05, 4.69) is 15.5 Å². The topological polar surface area (TPSA) is 128 Å². The van der Waals surface area contributed by atoms with Gasteiger partial charge in [0.05, 0.1) is 16.8 Å². The van der Waals surface area contributed by atoms with Crippen LogP contribution in [0.4, 0.5) is 11.4 Å². The molecule has 2 heterocycles. The lowest BCUT2D eigenvalue weighted by Gasteiger charge is -2.17. The number of amides is 2. The second-order valence-electron chi connectivity index (χ2n) is 5.77. The maximum absolute atomic E-state index is 12.7. The van der Waals surface area contributed by atoms with Gasteiger partial charge in [-0.25, -0.2) is 0 Å². The second-order valence-corrected chi connectivity index (χ2v) is 5.77. The van der Waals surface area contributed by atoms with E-state index >= 15 is 0 Å². The number of rotatable bonds is 7. The fourth-order valence-corrected chi connectivity index (χ4v) is 2.46. The van der Waals surface area contributed by atoms with Gasteiger partial charge < -0.3 is 10.2 Å². The van der Waals surface area contributed by atoms with Crippen molar-refractivity contribution in [1.29, 1.82) is 0 Å². The van der Waals surface area contributed by atoms with Crippen LogP contribution in [0, 0.1) is 10.1 Å². The molecular weight excluding hydrogens is 342 g/mol. The summed E-state index contributed by atoms with van der Waals surface area (Å²) in [5.41, 5.74) is 0.362. The minimum Gasteiger partial charge on any atom is -0.343 e. The van der Waals surface area contributed by atoms with Gasteiger partial charge in [0, 0.05) is 20.6 Å². The van der Waals surface area contributed by atoms with E-state index in [1.165, 1.54) is 26.7 Å². The first-order valence-electron chi connectivity index (χ1n) is 8.06. The SMILES string of the molecule is CCC(C(=O)Nc1cnn(CC)c1C(=O)N(C)C)n1cc([N+](=O)[O-])cn1. The molecule has 11 nitrogen and oxygen atoms in total. The zero-order chi connectivity index (χ0) is 19.4. The average Bonchev–Trinajstić information content (AvgIpc) is 3.22. The van der Waals surface area contributed by atoms with Crippen molar-refractivity contribution in [3.63, 3.8) is 0 Å². The molecule has 2 aromatic rings. The van der Waals surface area contributed by atoms with E-state index in [-0.39, 0.29) is 23.0 Å². The number of hydrogen-bond acceptors (Lipinski definition) is 6. The lowest BCUT2D eigenvalue weighted by molar-refractivity contribution is -0.385. The van der Waals surface area contributed by atoms with E-state index in [0.717, 1.165) is 6.20 Å². The standard InChI is InChI=1S/C15H21N7O4/c1-5-12(21-9-10(7-16-21)22(25)26)14(23)18-11-8-17-20(6-2)13(11)15(24)19(3)4/h7-9,12H,5-6H2,1-4H3,(H,18,23). The molecule has 2 rings (SSSR count). The van der Waals surface area contributed by atoms with Crippen LogP contribution in [0.1, 0.15) is 36.8 Å². The molecule has 0 radical (unpaired) electrons. The van der Waals surface area contributed by atoms with Crippen molar-refractivity contribution in [2.75, 3.05) is 19.4 Å². The number of carbonyl (C=O) groups is 2. The summed E-state index contributed by atoms with van der Waals surface area (Å²) < 4.78 is 2.74. The smallest absolute Gasteiger partial charge is 0.307 e. The van der Waals surface area contributed by atoms with Crippen molar-refractivity contribution >= 4 is 23.2 Å². The van der Waals surface area contributed by atoms with Crippen molar-refractivity contribution in [3.05, 3.63) is 34.4 Å². The van der Waals surface area contributed by atoms with Crippen LogP contribution in [-0.4, -0.2) is 55.3 Å². The van der Waals surface area contributed by atoms with E-state index in [9.17, 15) is 19.7 Å². The largest absolute Gasteiger partial charge is 0.343 e. The highest BCUT2D eigenvalue weighted by Gasteiger charge is 2.26. The van der Waals surface area contributed by atoms with Crippen LogP contribution in [0.3, 0.4) is 0 Å². The molecule has 11 heteroatoms. The van der Waals surface area contributed by atoms with Gasteiger partial charge in [-0.05, 0) is 13.3 Å². The Bertz CT molecular complexity index is 824. The molecule has 0 saturated heterocycles. The molecule has 0 fully saturated rings. The number of nitrogens with zero attached hydrogens (tertiary/aromatic N) is 6. The molecule has 1 atom stereocenters. The molecule has 1 N–H and O–H groups in total. The van der Waals surface area contributed by atoms with Crippen molar-refractivity contribution < 1.29 is 14.5 Å². The minimum atomic E-state index is -0.754. The van der Waals surface area contributed by atoms with E-state index in [0.29, 0.717) is 13.0 Å². The Morgan fingerprint density at radius 2 is 2.00 bits per heavy atom. The van der Waals surface area contributed by atoms with Gasteiger partial charge >= 0.3 is 5.69 Å². The minimum absolute atomic E-state index is 0.196. The molecule has 0 saturated carbocycles. The summed E-state index contributed by atoms with van der Waals surface area (Å²) in [6.07, 6.45) is 4.07. The average molecular weight is 363 g/mol. The number of aromatic nitrogens is 4. The number of hydrogen-bond donors (Lipinski definition) is 1. The third kappa shape index (κ3) is 3.71. The summed E-state index contributed by atoms with van der Waals surface area (Å²) >= 11 is 0. The molecule has 2 aromatic heterocycles. The Morgan fingerprint density at radius 3 is 2.50 bits per heavy atom. The molecule has 1 unspecified atom stereocenters. The molecular formula is C15H21N7O4. The van der Waals surface area contributed by atoms with E-state index in [4.69, 9.17) is 0 Å². The highest BCUT2D eigenvalue weighted by Crippen LogP contribution is 2.21. The summed E-state index contributed by atoms with van der Waals surface area (Å²) in [4.78, 5) is 36.7. The predicted octanol–water partition coefficient (Wildman–Crippen LogP) is 1.30. The van der Waals surface area contributed by atoms with Crippen LogP contribution in [-0.2, 0) is 11.3 Å². The van der Waals surface area contributed by atoms with Gasteiger partial charge in [-0.3, -0.25) is 29.1 Å². The lowest BCUT2D eigenvalue weighted by Crippen LogP contribution is -2.29. The fraction of sp³-hybridized carbons (Fsp3) is 0.467.